The van der Waals surface area contributed by atoms with Gasteiger partial charge in [0.15, 0.2) is 11.7 Å². The summed E-state index contributed by atoms with van der Waals surface area (Å²) in [5.74, 6) is 0.197. The highest BCUT2D eigenvalue weighted by Crippen LogP contribution is 2.20. The van der Waals surface area contributed by atoms with Crippen molar-refractivity contribution in [1.82, 2.24) is 16.2 Å². The molecule has 3 N–H and O–H groups in total. The maximum Gasteiger partial charge on any atom is 0.276 e. The molecule has 7 nitrogen and oxygen atoms in total. The topological polar surface area (TPSA) is 88.7 Å². The van der Waals surface area contributed by atoms with Gasteiger partial charge in [-0.2, -0.15) is 0 Å². The van der Waals surface area contributed by atoms with E-state index in [9.17, 15) is 9.59 Å². The van der Waals surface area contributed by atoms with Gasteiger partial charge in [0.25, 0.3) is 11.8 Å². The zero-order valence-corrected chi connectivity index (χ0v) is 16.9. The predicted octanol–water partition coefficient (Wildman–Crippen LogP) is 2.76. The molecule has 0 radical (unpaired) electrons. The van der Waals surface area contributed by atoms with Gasteiger partial charge in [-0.25, -0.2) is 0 Å². The van der Waals surface area contributed by atoms with Crippen LogP contribution in [0.4, 0.5) is 0 Å². The lowest BCUT2D eigenvalue weighted by Gasteiger charge is -2.12. The van der Waals surface area contributed by atoms with Gasteiger partial charge in [-0.3, -0.25) is 25.8 Å². The zero-order chi connectivity index (χ0) is 20.5. The molecule has 148 valence electrons. The summed E-state index contributed by atoms with van der Waals surface area (Å²) in [7, 11) is 0. The highest BCUT2D eigenvalue weighted by molar-refractivity contribution is 7.80. The van der Waals surface area contributed by atoms with Crippen molar-refractivity contribution in [3.8, 4) is 11.5 Å². The number of hydrazine groups is 1. The molecule has 0 heterocycles. The standard InChI is InChI=1S/C19H20ClN3O4S/c1-3-26-14-6-4-5-13(10-14)18(25)21-19(28)23-22-17(24)11-27-15-7-8-16(20)12(2)9-15/h4-10H,3,11H2,1-2H3,(H,22,24)(H2,21,23,25,28). The van der Waals surface area contributed by atoms with E-state index in [1.165, 1.54) is 0 Å². The molecule has 2 rings (SSSR count). The zero-order valence-electron chi connectivity index (χ0n) is 15.4. The number of rotatable bonds is 6. The molecule has 0 saturated heterocycles. The van der Waals surface area contributed by atoms with E-state index in [0.29, 0.717) is 28.7 Å². The van der Waals surface area contributed by atoms with Crippen molar-refractivity contribution in [1.29, 1.82) is 0 Å². The minimum Gasteiger partial charge on any atom is -0.494 e. The van der Waals surface area contributed by atoms with E-state index in [0.717, 1.165) is 5.56 Å². The normalized spacial score (nSPS) is 9.96. The van der Waals surface area contributed by atoms with Crippen LogP contribution in [-0.2, 0) is 4.79 Å². The number of thiocarbonyl (C=S) groups is 1. The van der Waals surface area contributed by atoms with Crippen LogP contribution in [0.2, 0.25) is 5.02 Å². The third-order valence-corrected chi connectivity index (χ3v) is 4.08. The molecule has 2 aromatic carbocycles. The number of hydrogen-bond acceptors (Lipinski definition) is 5. The smallest absolute Gasteiger partial charge is 0.276 e. The van der Waals surface area contributed by atoms with Crippen molar-refractivity contribution in [2.75, 3.05) is 13.2 Å². The minimum absolute atomic E-state index is 0.0532. The number of carbonyl (C=O) groups excluding carboxylic acids is 2. The lowest BCUT2D eigenvalue weighted by Crippen LogP contribution is -2.49. The Morgan fingerprint density at radius 3 is 2.54 bits per heavy atom. The van der Waals surface area contributed by atoms with Crippen molar-refractivity contribution in [2.45, 2.75) is 13.8 Å². The highest BCUT2D eigenvalue weighted by atomic mass is 35.5. The molecule has 0 bridgehead atoms. The van der Waals surface area contributed by atoms with Crippen LogP contribution in [0.1, 0.15) is 22.8 Å². The second-order valence-electron chi connectivity index (χ2n) is 5.62. The largest absolute Gasteiger partial charge is 0.494 e. The number of hydrogen-bond donors (Lipinski definition) is 3. The Kier molecular flexibility index (Phi) is 8.03. The van der Waals surface area contributed by atoms with E-state index >= 15 is 0 Å². The quantitative estimate of drug-likeness (QED) is 0.491. The van der Waals surface area contributed by atoms with Crippen molar-refractivity contribution >= 4 is 40.7 Å². The number of benzene rings is 2. The molecule has 2 amide bonds. The summed E-state index contributed by atoms with van der Waals surface area (Å²) >= 11 is 10.9. The minimum atomic E-state index is -0.470. The number of halogens is 1. The first kappa shape index (κ1) is 21.5. The molecule has 0 aliphatic heterocycles. The molecular formula is C19H20ClN3O4S. The SMILES string of the molecule is CCOc1cccc(C(=O)NC(=S)NNC(=O)COc2ccc(Cl)c(C)c2)c1. The summed E-state index contributed by atoms with van der Waals surface area (Å²) in [4.78, 5) is 24.0. The third kappa shape index (κ3) is 6.71. The van der Waals surface area contributed by atoms with Gasteiger partial charge in [-0.05, 0) is 68.0 Å². The lowest BCUT2D eigenvalue weighted by atomic mass is 10.2. The van der Waals surface area contributed by atoms with E-state index in [1.54, 1.807) is 42.5 Å². The number of carbonyl (C=O) groups is 2. The van der Waals surface area contributed by atoms with Crippen molar-refractivity contribution in [2.24, 2.45) is 0 Å². The Morgan fingerprint density at radius 1 is 1.07 bits per heavy atom. The summed E-state index contributed by atoms with van der Waals surface area (Å²) < 4.78 is 10.7. The summed E-state index contributed by atoms with van der Waals surface area (Å²) in [6.07, 6.45) is 0. The van der Waals surface area contributed by atoms with E-state index in [1.807, 2.05) is 13.8 Å². The number of aryl methyl sites for hydroxylation is 1. The molecule has 0 saturated carbocycles. The first-order chi connectivity index (χ1) is 13.4. The van der Waals surface area contributed by atoms with Crippen molar-refractivity contribution in [3.63, 3.8) is 0 Å². The number of nitrogens with one attached hydrogen (secondary N) is 3. The van der Waals surface area contributed by atoms with Gasteiger partial charge in [0, 0.05) is 10.6 Å². The maximum absolute atomic E-state index is 12.2. The Bertz CT molecular complexity index is 876. The molecule has 0 atom stereocenters. The fraction of sp³-hybridized carbons (Fsp3) is 0.211. The highest BCUT2D eigenvalue weighted by Gasteiger charge is 2.10. The first-order valence-corrected chi connectivity index (χ1v) is 9.19. The average molecular weight is 422 g/mol. The van der Waals surface area contributed by atoms with Gasteiger partial charge in [0.05, 0.1) is 6.61 Å². The summed E-state index contributed by atoms with van der Waals surface area (Å²) in [6, 6.07) is 11.8. The van der Waals surface area contributed by atoms with E-state index in [4.69, 9.17) is 33.3 Å². The molecule has 28 heavy (non-hydrogen) atoms. The van der Waals surface area contributed by atoms with Crippen LogP contribution in [0.3, 0.4) is 0 Å². The summed E-state index contributed by atoms with van der Waals surface area (Å²) in [5, 5.41) is 3.03. The molecule has 0 aliphatic rings. The van der Waals surface area contributed by atoms with E-state index in [-0.39, 0.29) is 11.7 Å². The Balaban J connectivity index is 1.76. The third-order valence-electron chi connectivity index (χ3n) is 3.45. The van der Waals surface area contributed by atoms with Crippen LogP contribution >= 0.6 is 23.8 Å². The fourth-order valence-corrected chi connectivity index (χ4v) is 2.38. The van der Waals surface area contributed by atoms with Gasteiger partial charge in [-0.1, -0.05) is 17.7 Å². The Hall–Kier alpha value is -2.84. The van der Waals surface area contributed by atoms with E-state index < -0.39 is 11.8 Å². The molecule has 0 unspecified atom stereocenters. The van der Waals surface area contributed by atoms with Gasteiger partial charge in [0.2, 0.25) is 0 Å². The van der Waals surface area contributed by atoms with Crippen LogP contribution in [0.15, 0.2) is 42.5 Å². The molecule has 0 fully saturated rings. The number of ether oxygens (including phenoxy) is 2. The van der Waals surface area contributed by atoms with E-state index in [2.05, 4.69) is 16.2 Å². The van der Waals surface area contributed by atoms with Gasteiger partial charge in [-0.15, -0.1) is 0 Å². The monoisotopic (exact) mass is 421 g/mol. The van der Waals surface area contributed by atoms with Crippen molar-refractivity contribution in [3.05, 3.63) is 58.6 Å². The van der Waals surface area contributed by atoms with Crippen molar-refractivity contribution < 1.29 is 19.1 Å². The van der Waals surface area contributed by atoms with Crippen LogP contribution in [0.5, 0.6) is 11.5 Å². The first-order valence-electron chi connectivity index (χ1n) is 8.41. The van der Waals surface area contributed by atoms with Crippen LogP contribution in [0, 0.1) is 6.92 Å². The summed E-state index contributed by atoms with van der Waals surface area (Å²) in [5.41, 5.74) is 6.01. The second-order valence-corrected chi connectivity index (χ2v) is 6.43. The molecule has 0 aliphatic carbocycles. The fourth-order valence-electron chi connectivity index (χ4n) is 2.12. The number of amides is 2. The average Bonchev–Trinajstić information content (AvgIpc) is 2.67. The molecule has 0 spiro atoms. The van der Waals surface area contributed by atoms with Gasteiger partial charge >= 0.3 is 0 Å². The lowest BCUT2D eigenvalue weighted by molar-refractivity contribution is -0.123. The van der Waals surface area contributed by atoms with Gasteiger partial charge in [0.1, 0.15) is 11.5 Å². The van der Waals surface area contributed by atoms with Crippen LogP contribution < -0.4 is 25.6 Å². The second kappa shape index (κ2) is 10.5. The van der Waals surface area contributed by atoms with Crippen LogP contribution in [-0.4, -0.2) is 30.1 Å². The van der Waals surface area contributed by atoms with Crippen LogP contribution in [0.25, 0.3) is 0 Å². The summed E-state index contributed by atoms with van der Waals surface area (Å²) in [6.45, 7) is 3.95. The van der Waals surface area contributed by atoms with Gasteiger partial charge < -0.3 is 9.47 Å². The molecule has 9 heteroatoms. The Morgan fingerprint density at radius 2 is 1.82 bits per heavy atom. The molecular weight excluding hydrogens is 402 g/mol. The maximum atomic E-state index is 12.2. The molecule has 0 aromatic heterocycles. The predicted molar refractivity (Wildman–Crippen MR) is 111 cm³/mol. The Labute approximate surface area is 173 Å². The molecule has 2 aromatic rings.